The van der Waals surface area contributed by atoms with E-state index < -0.39 is 0 Å². The van der Waals surface area contributed by atoms with Crippen LogP contribution in [0.25, 0.3) is 0 Å². The van der Waals surface area contributed by atoms with E-state index in [2.05, 4.69) is 4.98 Å². The summed E-state index contributed by atoms with van der Waals surface area (Å²) in [6.45, 7) is 6.74. The molecule has 0 saturated heterocycles. The lowest BCUT2D eigenvalue weighted by Gasteiger charge is -2.12. The van der Waals surface area contributed by atoms with Gasteiger partial charge in [-0.3, -0.25) is 9.78 Å². The van der Waals surface area contributed by atoms with Crippen LogP contribution in [0.2, 0.25) is 0 Å². The molecule has 1 aromatic carbocycles. The second-order valence-electron chi connectivity index (χ2n) is 4.53. The third-order valence-electron chi connectivity index (χ3n) is 3.03. The fourth-order valence-electron chi connectivity index (χ4n) is 2.05. The number of aryl methyl sites for hydroxylation is 1. The monoisotopic (exact) mass is 285 g/mol. The quantitative estimate of drug-likeness (QED) is 0.763. The van der Waals surface area contributed by atoms with Crippen molar-refractivity contribution in [3.05, 3.63) is 53.3 Å². The number of aromatic nitrogens is 1. The van der Waals surface area contributed by atoms with E-state index in [9.17, 15) is 4.79 Å². The Hall–Kier alpha value is -2.36. The molecule has 0 radical (unpaired) electrons. The molecule has 4 heteroatoms. The van der Waals surface area contributed by atoms with Crippen molar-refractivity contribution in [1.29, 1.82) is 0 Å². The van der Waals surface area contributed by atoms with Crippen molar-refractivity contribution in [1.82, 2.24) is 4.98 Å². The molecule has 1 aromatic heterocycles. The Balaban J connectivity index is 2.38. The number of ketones is 1. The topological polar surface area (TPSA) is 48.4 Å². The summed E-state index contributed by atoms with van der Waals surface area (Å²) in [4.78, 5) is 16.7. The molecule has 0 bridgehead atoms. The Morgan fingerprint density at radius 1 is 1.10 bits per heavy atom. The molecule has 0 atom stereocenters. The molecule has 0 unspecified atom stereocenters. The molecule has 2 rings (SSSR count). The smallest absolute Gasteiger partial charge is 0.211 e. The van der Waals surface area contributed by atoms with Gasteiger partial charge in [-0.1, -0.05) is 6.07 Å². The van der Waals surface area contributed by atoms with Gasteiger partial charge in [0.2, 0.25) is 5.78 Å². The Bertz CT molecular complexity index is 638. The molecule has 0 spiro atoms. The van der Waals surface area contributed by atoms with Crippen molar-refractivity contribution in [2.45, 2.75) is 20.8 Å². The fourth-order valence-corrected chi connectivity index (χ4v) is 2.05. The van der Waals surface area contributed by atoms with Crippen LogP contribution in [0.1, 0.15) is 35.5 Å². The van der Waals surface area contributed by atoms with Gasteiger partial charge in [0, 0.05) is 11.8 Å². The van der Waals surface area contributed by atoms with Gasteiger partial charge in [-0.15, -0.1) is 0 Å². The average molecular weight is 285 g/mol. The molecule has 4 nitrogen and oxygen atoms in total. The van der Waals surface area contributed by atoms with Gasteiger partial charge in [0.1, 0.15) is 5.69 Å². The SMILES string of the molecule is CCOc1ccc(C(=O)c2ncccc2C)cc1OCC. The minimum absolute atomic E-state index is 0.114. The molecular weight excluding hydrogens is 266 g/mol. The molecule has 2 aromatic rings. The first-order valence-corrected chi connectivity index (χ1v) is 7.03. The zero-order valence-electron chi connectivity index (χ0n) is 12.6. The highest BCUT2D eigenvalue weighted by molar-refractivity contribution is 6.08. The third kappa shape index (κ3) is 3.40. The van der Waals surface area contributed by atoms with E-state index >= 15 is 0 Å². The molecule has 0 aliphatic rings. The maximum atomic E-state index is 12.5. The highest BCUT2D eigenvalue weighted by Crippen LogP contribution is 2.29. The fraction of sp³-hybridized carbons (Fsp3) is 0.294. The van der Waals surface area contributed by atoms with E-state index in [1.165, 1.54) is 0 Å². The number of carbonyl (C=O) groups is 1. The zero-order chi connectivity index (χ0) is 15.2. The van der Waals surface area contributed by atoms with Crippen LogP contribution >= 0.6 is 0 Å². The second kappa shape index (κ2) is 6.88. The van der Waals surface area contributed by atoms with Crippen molar-refractivity contribution in [3.63, 3.8) is 0 Å². The molecule has 0 amide bonds. The first kappa shape index (κ1) is 15.0. The predicted octanol–water partition coefficient (Wildman–Crippen LogP) is 3.42. The Morgan fingerprint density at radius 2 is 1.81 bits per heavy atom. The summed E-state index contributed by atoms with van der Waals surface area (Å²) in [5, 5.41) is 0. The van der Waals surface area contributed by atoms with Crippen molar-refractivity contribution in [2.24, 2.45) is 0 Å². The number of rotatable bonds is 6. The van der Waals surface area contributed by atoms with Gasteiger partial charge in [-0.25, -0.2) is 0 Å². The van der Waals surface area contributed by atoms with Gasteiger partial charge in [-0.2, -0.15) is 0 Å². The highest BCUT2D eigenvalue weighted by atomic mass is 16.5. The van der Waals surface area contributed by atoms with Gasteiger partial charge in [-0.05, 0) is 50.6 Å². The van der Waals surface area contributed by atoms with Gasteiger partial charge < -0.3 is 9.47 Å². The van der Waals surface area contributed by atoms with Crippen molar-refractivity contribution >= 4 is 5.78 Å². The molecule has 21 heavy (non-hydrogen) atoms. The highest BCUT2D eigenvalue weighted by Gasteiger charge is 2.15. The van der Waals surface area contributed by atoms with E-state index in [4.69, 9.17) is 9.47 Å². The normalized spacial score (nSPS) is 10.2. The van der Waals surface area contributed by atoms with E-state index in [0.29, 0.717) is 36.0 Å². The van der Waals surface area contributed by atoms with Crippen molar-refractivity contribution in [2.75, 3.05) is 13.2 Å². The van der Waals surface area contributed by atoms with Crippen LogP contribution < -0.4 is 9.47 Å². The maximum Gasteiger partial charge on any atom is 0.211 e. The molecule has 0 aliphatic carbocycles. The molecular formula is C17H19NO3. The second-order valence-corrected chi connectivity index (χ2v) is 4.53. The molecule has 0 fully saturated rings. The van der Waals surface area contributed by atoms with Crippen molar-refractivity contribution < 1.29 is 14.3 Å². The van der Waals surface area contributed by atoms with E-state index in [0.717, 1.165) is 5.56 Å². The third-order valence-corrected chi connectivity index (χ3v) is 3.03. The largest absolute Gasteiger partial charge is 0.490 e. The average Bonchev–Trinajstić information content (AvgIpc) is 2.49. The van der Waals surface area contributed by atoms with Crippen LogP contribution in [0, 0.1) is 6.92 Å². The standard InChI is InChI=1S/C17H19NO3/c1-4-20-14-9-8-13(11-15(14)21-5-2)17(19)16-12(3)7-6-10-18-16/h6-11H,4-5H2,1-3H3. The molecule has 0 saturated carbocycles. The minimum atomic E-state index is -0.114. The molecule has 0 N–H and O–H groups in total. The van der Waals surface area contributed by atoms with Crippen LogP contribution in [0.5, 0.6) is 11.5 Å². The molecule has 110 valence electrons. The Kier molecular flexibility index (Phi) is 4.93. The molecule has 0 aliphatic heterocycles. The first-order chi connectivity index (χ1) is 10.2. The minimum Gasteiger partial charge on any atom is -0.490 e. The Labute approximate surface area is 124 Å². The molecule has 1 heterocycles. The summed E-state index contributed by atoms with van der Waals surface area (Å²) in [5.41, 5.74) is 1.86. The van der Waals surface area contributed by atoms with Crippen LogP contribution in [0.3, 0.4) is 0 Å². The van der Waals surface area contributed by atoms with Crippen LogP contribution in [-0.4, -0.2) is 24.0 Å². The summed E-state index contributed by atoms with van der Waals surface area (Å²) in [5.74, 6) is 1.12. The van der Waals surface area contributed by atoms with Crippen LogP contribution in [0.4, 0.5) is 0 Å². The number of ether oxygens (including phenoxy) is 2. The van der Waals surface area contributed by atoms with Crippen LogP contribution in [0.15, 0.2) is 36.5 Å². The van der Waals surface area contributed by atoms with Crippen LogP contribution in [-0.2, 0) is 0 Å². The van der Waals surface area contributed by atoms with E-state index in [1.807, 2.05) is 32.9 Å². The lowest BCUT2D eigenvalue weighted by Crippen LogP contribution is -2.07. The number of pyridine rings is 1. The number of hydrogen-bond acceptors (Lipinski definition) is 4. The summed E-state index contributed by atoms with van der Waals surface area (Å²) in [7, 11) is 0. The number of nitrogens with zero attached hydrogens (tertiary/aromatic N) is 1. The predicted molar refractivity (Wildman–Crippen MR) is 81.2 cm³/mol. The number of carbonyl (C=O) groups excluding carboxylic acids is 1. The van der Waals surface area contributed by atoms with Gasteiger partial charge >= 0.3 is 0 Å². The lowest BCUT2D eigenvalue weighted by molar-refractivity contribution is 0.103. The van der Waals surface area contributed by atoms with Gasteiger partial charge in [0.15, 0.2) is 11.5 Å². The number of benzene rings is 1. The summed E-state index contributed by atoms with van der Waals surface area (Å²) < 4.78 is 11.1. The Morgan fingerprint density at radius 3 is 2.48 bits per heavy atom. The first-order valence-electron chi connectivity index (χ1n) is 7.03. The zero-order valence-corrected chi connectivity index (χ0v) is 12.6. The van der Waals surface area contributed by atoms with E-state index in [1.54, 1.807) is 24.4 Å². The summed E-state index contributed by atoms with van der Waals surface area (Å²) in [6.07, 6.45) is 1.62. The van der Waals surface area contributed by atoms with E-state index in [-0.39, 0.29) is 5.78 Å². The number of hydrogen-bond donors (Lipinski definition) is 0. The maximum absolute atomic E-state index is 12.5. The van der Waals surface area contributed by atoms with Gasteiger partial charge in [0.25, 0.3) is 0 Å². The van der Waals surface area contributed by atoms with Crippen molar-refractivity contribution in [3.8, 4) is 11.5 Å². The van der Waals surface area contributed by atoms with Gasteiger partial charge in [0.05, 0.1) is 13.2 Å². The lowest BCUT2D eigenvalue weighted by atomic mass is 10.0. The summed E-state index contributed by atoms with van der Waals surface area (Å²) >= 11 is 0. The summed E-state index contributed by atoms with van der Waals surface area (Å²) in [6, 6.07) is 8.91.